The van der Waals surface area contributed by atoms with E-state index in [1.807, 2.05) is 5.38 Å². The Kier molecular flexibility index (Phi) is 2.71. The number of rotatable bonds is 3. The van der Waals surface area contributed by atoms with Gasteiger partial charge in [-0.1, -0.05) is 6.07 Å². The van der Waals surface area contributed by atoms with Crippen molar-refractivity contribution < 1.29 is 4.79 Å². The summed E-state index contributed by atoms with van der Waals surface area (Å²) in [6.45, 7) is 0. The van der Waals surface area contributed by atoms with Gasteiger partial charge in [-0.25, -0.2) is 4.98 Å². The topological polar surface area (TPSA) is 74.8 Å². The summed E-state index contributed by atoms with van der Waals surface area (Å²) in [5, 5.41) is 5.24. The van der Waals surface area contributed by atoms with Gasteiger partial charge in [0, 0.05) is 17.4 Å². The molecule has 0 aliphatic heterocycles. The first kappa shape index (κ1) is 11.2. The molecule has 0 radical (unpaired) electrons. The molecule has 0 unspecified atom stereocenters. The fraction of sp³-hybridized carbons (Fsp3) is 0.250. The zero-order valence-corrected chi connectivity index (χ0v) is 10.3. The summed E-state index contributed by atoms with van der Waals surface area (Å²) in [5.41, 5.74) is 1.00. The van der Waals surface area contributed by atoms with E-state index >= 15 is 0 Å². The van der Waals surface area contributed by atoms with Crippen LogP contribution in [0.2, 0.25) is 0 Å². The minimum Gasteiger partial charge on any atom is -0.318 e. The number of anilines is 1. The monoisotopic (exact) mass is 261 g/mol. The van der Waals surface area contributed by atoms with E-state index in [1.165, 1.54) is 30.2 Å². The first-order valence-corrected chi connectivity index (χ1v) is 6.56. The van der Waals surface area contributed by atoms with E-state index in [2.05, 4.69) is 15.3 Å². The van der Waals surface area contributed by atoms with E-state index in [-0.39, 0.29) is 17.2 Å². The number of nitrogens with one attached hydrogen (secondary N) is 2. The molecule has 2 aromatic rings. The second kappa shape index (κ2) is 4.38. The molecule has 0 spiro atoms. The molecule has 0 aromatic carbocycles. The Morgan fingerprint density at radius 2 is 2.28 bits per heavy atom. The van der Waals surface area contributed by atoms with Gasteiger partial charge in [0.05, 0.1) is 5.69 Å². The van der Waals surface area contributed by atoms with E-state index in [9.17, 15) is 9.59 Å². The van der Waals surface area contributed by atoms with Gasteiger partial charge in [0.1, 0.15) is 5.69 Å². The molecular formula is C12H11N3O2S. The van der Waals surface area contributed by atoms with Gasteiger partial charge in [-0.05, 0) is 18.9 Å². The molecule has 5 nitrogen and oxygen atoms in total. The third-order valence-corrected chi connectivity index (χ3v) is 3.53. The molecule has 1 aliphatic carbocycles. The summed E-state index contributed by atoms with van der Waals surface area (Å²) >= 11 is 1.41. The quantitative estimate of drug-likeness (QED) is 0.886. The van der Waals surface area contributed by atoms with Gasteiger partial charge in [0.2, 0.25) is 5.56 Å². The molecule has 2 aromatic heterocycles. The summed E-state index contributed by atoms with van der Waals surface area (Å²) in [4.78, 5) is 29.8. The zero-order valence-electron chi connectivity index (χ0n) is 9.47. The predicted octanol–water partition coefficient (Wildman–Crippen LogP) is 1.96. The summed E-state index contributed by atoms with van der Waals surface area (Å²) in [6, 6.07) is 4.47. The van der Waals surface area contributed by atoms with Crippen molar-refractivity contribution in [3.63, 3.8) is 0 Å². The van der Waals surface area contributed by atoms with Crippen LogP contribution in [0.1, 0.15) is 34.9 Å². The third-order valence-electron chi connectivity index (χ3n) is 2.75. The molecule has 1 saturated carbocycles. The molecule has 1 amide bonds. The maximum absolute atomic E-state index is 11.8. The van der Waals surface area contributed by atoms with Crippen LogP contribution < -0.4 is 10.9 Å². The van der Waals surface area contributed by atoms with Crippen molar-refractivity contribution in [1.29, 1.82) is 0 Å². The molecule has 0 bridgehead atoms. The summed E-state index contributed by atoms with van der Waals surface area (Å²) < 4.78 is 0. The first-order chi connectivity index (χ1) is 8.72. The maximum atomic E-state index is 11.8. The van der Waals surface area contributed by atoms with E-state index in [1.54, 1.807) is 12.1 Å². The van der Waals surface area contributed by atoms with E-state index in [4.69, 9.17) is 0 Å². The molecule has 1 aliphatic rings. The number of aromatic nitrogens is 2. The van der Waals surface area contributed by atoms with E-state index < -0.39 is 0 Å². The lowest BCUT2D eigenvalue weighted by Crippen LogP contribution is -2.17. The van der Waals surface area contributed by atoms with Crippen LogP contribution in [-0.4, -0.2) is 15.9 Å². The number of amides is 1. The Hall–Kier alpha value is -1.95. The number of thiazole rings is 1. The lowest BCUT2D eigenvalue weighted by atomic mass is 10.3. The zero-order chi connectivity index (χ0) is 12.5. The van der Waals surface area contributed by atoms with Gasteiger partial charge in [0.25, 0.3) is 5.91 Å². The van der Waals surface area contributed by atoms with Crippen molar-refractivity contribution in [1.82, 2.24) is 9.97 Å². The highest BCUT2D eigenvalue weighted by molar-refractivity contribution is 7.14. The van der Waals surface area contributed by atoms with Gasteiger partial charge < -0.3 is 4.98 Å². The number of aromatic amines is 1. The van der Waals surface area contributed by atoms with Crippen molar-refractivity contribution in [2.24, 2.45) is 0 Å². The van der Waals surface area contributed by atoms with Crippen LogP contribution in [0.25, 0.3) is 0 Å². The Morgan fingerprint density at radius 3 is 3.00 bits per heavy atom. The average molecular weight is 261 g/mol. The van der Waals surface area contributed by atoms with Gasteiger partial charge in [0.15, 0.2) is 5.13 Å². The number of nitrogens with zero attached hydrogens (tertiary/aromatic N) is 1. The number of hydrogen-bond acceptors (Lipinski definition) is 4. The summed E-state index contributed by atoms with van der Waals surface area (Å²) in [6.07, 6.45) is 2.37. The third kappa shape index (κ3) is 2.33. The van der Waals surface area contributed by atoms with Crippen LogP contribution in [0.15, 0.2) is 28.4 Å². The number of hydrogen-bond donors (Lipinski definition) is 2. The van der Waals surface area contributed by atoms with Gasteiger partial charge in [-0.2, -0.15) is 0 Å². The highest BCUT2D eigenvalue weighted by Crippen LogP contribution is 2.40. The molecule has 6 heteroatoms. The number of carbonyl (C=O) groups excluding carboxylic acids is 1. The van der Waals surface area contributed by atoms with Gasteiger partial charge in [-0.15, -0.1) is 11.3 Å². The molecule has 1 fully saturated rings. The molecule has 3 rings (SSSR count). The Bertz CT molecular complexity index is 643. The van der Waals surface area contributed by atoms with Crippen molar-refractivity contribution in [2.45, 2.75) is 18.8 Å². The van der Waals surface area contributed by atoms with Crippen LogP contribution in [0.4, 0.5) is 5.13 Å². The lowest BCUT2D eigenvalue weighted by Gasteiger charge is -2.00. The molecule has 2 heterocycles. The maximum Gasteiger partial charge on any atom is 0.273 e. The van der Waals surface area contributed by atoms with Crippen LogP contribution in [0, 0.1) is 0 Å². The van der Waals surface area contributed by atoms with Crippen LogP contribution in [0.5, 0.6) is 0 Å². The van der Waals surface area contributed by atoms with E-state index in [0.717, 1.165) is 5.69 Å². The molecule has 92 valence electrons. The first-order valence-electron chi connectivity index (χ1n) is 5.68. The Labute approximate surface area is 107 Å². The molecule has 0 saturated heterocycles. The molecule has 18 heavy (non-hydrogen) atoms. The standard InChI is InChI=1S/C12H11N3O2S/c16-10-3-1-2-8(13-10)11(17)15-12-14-9(6-18-12)7-4-5-7/h1-3,6-7H,4-5H2,(H,13,16)(H,14,15,17). The minimum absolute atomic E-state index is 0.241. The highest BCUT2D eigenvalue weighted by Gasteiger charge is 2.26. The lowest BCUT2D eigenvalue weighted by molar-refractivity contribution is 0.102. The normalized spacial score (nSPS) is 14.4. The van der Waals surface area contributed by atoms with Crippen molar-refractivity contribution in [2.75, 3.05) is 5.32 Å². The van der Waals surface area contributed by atoms with Gasteiger partial charge in [-0.3, -0.25) is 14.9 Å². The van der Waals surface area contributed by atoms with Gasteiger partial charge >= 0.3 is 0 Å². The number of carbonyl (C=O) groups is 1. The second-order valence-corrected chi connectivity index (χ2v) is 5.09. The molecular weight excluding hydrogens is 250 g/mol. The van der Waals surface area contributed by atoms with Crippen LogP contribution in [-0.2, 0) is 0 Å². The highest BCUT2D eigenvalue weighted by atomic mass is 32.1. The fourth-order valence-electron chi connectivity index (χ4n) is 1.65. The smallest absolute Gasteiger partial charge is 0.273 e. The average Bonchev–Trinajstić information content (AvgIpc) is 3.11. The second-order valence-electron chi connectivity index (χ2n) is 4.23. The molecule has 0 atom stereocenters. The number of H-pyrrole nitrogens is 1. The van der Waals surface area contributed by atoms with Crippen molar-refractivity contribution >= 4 is 22.4 Å². The van der Waals surface area contributed by atoms with Crippen molar-refractivity contribution in [3.8, 4) is 0 Å². The van der Waals surface area contributed by atoms with Crippen molar-refractivity contribution in [3.05, 3.63) is 45.3 Å². The Morgan fingerprint density at radius 1 is 1.44 bits per heavy atom. The van der Waals surface area contributed by atoms with E-state index in [0.29, 0.717) is 11.0 Å². The van der Waals surface area contributed by atoms with Crippen LogP contribution in [0.3, 0.4) is 0 Å². The summed E-state index contributed by atoms with van der Waals surface area (Å²) in [5.74, 6) is 0.229. The SMILES string of the molecule is O=C(Nc1nc(C2CC2)cs1)c1cccc(=O)[nH]1. The number of pyridine rings is 1. The predicted molar refractivity (Wildman–Crippen MR) is 69.1 cm³/mol. The minimum atomic E-state index is -0.343. The Balaban J connectivity index is 1.75. The molecule has 2 N–H and O–H groups in total. The largest absolute Gasteiger partial charge is 0.318 e. The fourth-order valence-corrected chi connectivity index (χ4v) is 2.44. The van der Waals surface area contributed by atoms with Crippen LogP contribution >= 0.6 is 11.3 Å². The summed E-state index contributed by atoms with van der Waals surface area (Å²) in [7, 11) is 0.